The molecule has 0 fully saturated rings. The molecule has 0 aromatic rings. The second kappa shape index (κ2) is 8.91. The first-order chi connectivity index (χ1) is 8.73. The van der Waals surface area contributed by atoms with Crippen molar-refractivity contribution in [1.82, 2.24) is 4.90 Å². The predicted octanol–water partition coefficient (Wildman–Crippen LogP) is 2.15. The minimum Gasteiger partial charge on any atom is -0.480 e. The highest BCUT2D eigenvalue weighted by atomic mass is 16.5. The number of carbonyl (C=O) groups excluding carboxylic acids is 1. The molecule has 19 heavy (non-hydrogen) atoms. The van der Waals surface area contributed by atoms with Crippen molar-refractivity contribution in [1.29, 1.82) is 0 Å². The summed E-state index contributed by atoms with van der Waals surface area (Å²) < 4.78 is 5.56. The number of nitrogens with zero attached hydrogens (tertiary/aromatic N) is 1. The van der Waals surface area contributed by atoms with Gasteiger partial charge in [0.15, 0.2) is 0 Å². The fourth-order valence-corrected chi connectivity index (χ4v) is 1.93. The molecule has 0 bridgehead atoms. The number of hydrogen-bond acceptors (Lipinski definition) is 3. The Kier molecular flexibility index (Phi) is 8.39. The average molecular weight is 273 g/mol. The Hall–Kier alpha value is -1.10. The fraction of sp³-hybridized carbons (Fsp3) is 0.857. The summed E-state index contributed by atoms with van der Waals surface area (Å²) in [6.45, 7) is 9.94. The SMILES string of the molecule is CC(C)CC(C)OCCC(=O)N(CC(=O)O)C(C)C. The molecule has 5 heteroatoms. The fourth-order valence-electron chi connectivity index (χ4n) is 1.93. The van der Waals surface area contributed by atoms with Crippen LogP contribution in [0.25, 0.3) is 0 Å². The molecule has 0 aliphatic carbocycles. The lowest BCUT2D eigenvalue weighted by Gasteiger charge is -2.25. The number of rotatable bonds is 9. The lowest BCUT2D eigenvalue weighted by Crippen LogP contribution is -2.41. The van der Waals surface area contributed by atoms with E-state index in [1.807, 2.05) is 20.8 Å². The molecule has 0 spiro atoms. The summed E-state index contributed by atoms with van der Waals surface area (Å²) in [5, 5.41) is 8.77. The molecule has 0 saturated carbocycles. The maximum absolute atomic E-state index is 11.9. The van der Waals surface area contributed by atoms with E-state index in [1.54, 1.807) is 0 Å². The molecular formula is C14H27NO4. The van der Waals surface area contributed by atoms with Crippen molar-refractivity contribution in [2.75, 3.05) is 13.2 Å². The quantitative estimate of drug-likeness (QED) is 0.699. The van der Waals surface area contributed by atoms with Gasteiger partial charge >= 0.3 is 5.97 Å². The summed E-state index contributed by atoms with van der Waals surface area (Å²) in [5.74, 6) is -0.602. The van der Waals surface area contributed by atoms with Gasteiger partial charge in [0, 0.05) is 6.04 Å². The number of ether oxygens (including phenoxy) is 1. The van der Waals surface area contributed by atoms with Crippen molar-refractivity contribution in [3.8, 4) is 0 Å². The Morgan fingerprint density at radius 3 is 2.16 bits per heavy atom. The molecule has 0 radical (unpaired) electrons. The minimum absolute atomic E-state index is 0.114. The van der Waals surface area contributed by atoms with Crippen molar-refractivity contribution in [2.24, 2.45) is 5.92 Å². The van der Waals surface area contributed by atoms with Gasteiger partial charge in [0.05, 0.1) is 19.1 Å². The van der Waals surface area contributed by atoms with E-state index in [0.717, 1.165) is 6.42 Å². The number of carboxylic acid groups (broad SMARTS) is 1. The number of aliphatic carboxylic acids is 1. The normalized spacial score (nSPS) is 12.8. The summed E-state index contributed by atoms with van der Waals surface area (Å²) >= 11 is 0. The van der Waals surface area contributed by atoms with Crippen LogP contribution in [0.1, 0.15) is 47.5 Å². The molecule has 0 aliphatic rings. The van der Waals surface area contributed by atoms with Crippen molar-refractivity contribution in [3.05, 3.63) is 0 Å². The maximum Gasteiger partial charge on any atom is 0.323 e. The monoisotopic (exact) mass is 273 g/mol. The molecule has 0 saturated heterocycles. The molecule has 0 aromatic carbocycles. The second-order valence-corrected chi connectivity index (χ2v) is 5.57. The smallest absolute Gasteiger partial charge is 0.323 e. The summed E-state index contributed by atoms with van der Waals surface area (Å²) in [5.41, 5.74) is 0. The molecule has 112 valence electrons. The van der Waals surface area contributed by atoms with Gasteiger partial charge in [0.1, 0.15) is 6.54 Å². The van der Waals surface area contributed by atoms with Crippen LogP contribution in [-0.4, -0.2) is 47.2 Å². The molecule has 0 aromatic heterocycles. The van der Waals surface area contributed by atoms with Gasteiger partial charge in [-0.25, -0.2) is 0 Å². The van der Waals surface area contributed by atoms with E-state index in [9.17, 15) is 9.59 Å². The van der Waals surface area contributed by atoms with Crippen LogP contribution in [0, 0.1) is 5.92 Å². The third-order valence-electron chi connectivity index (χ3n) is 2.77. The molecule has 1 unspecified atom stereocenters. The average Bonchev–Trinajstić information content (AvgIpc) is 2.23. The van der Waals surface area contributed by atoms with Gasteiger partial charge in [-0.3, -0.25) is 9.59 Å². The molecule has 5 nitrogen and oxygen atoms in total. The van der Waals surface area contributed by atoms with Crippen LogP contribution < -0.4 is 0 Å². The summed E-state index contributed by atoms with van der Waals surface area (Å²) in [7, 11) is 0. The van der Waals surface area contributed by atoms with E-state index in [-0.39, 0.29) is 31.0 Å². The van der Waals surface area contributed by atoms with Crippen LogP contribution in [-0.2, 0) is 14.3 Å². The van der Waals surface area contributed by atoms with Gasteiger partial charge in [0.25, 0.3) is 0 Å². The number of carboxylic acids is 1. The van der Waals surface area contributed by atoms with E-state index in [2.05, 4.69) is 13.8 Å². The van der Waals surface area contributed by atoms with Crippen LogP contribution in [0.5, 0.6) is 0 Å². The van der Waals surface area contributed by atoms with Gasteiger partial charge in [-0.1, -0.05) is 13.8 Å². The highest BCUT2D eigenvalue weighted by molar-refractivity contribution is 5.81. The van der Waals surface area contributed by atoms with Gasteiger partial charge in [0.2, 0.25) is 5.91 Å². The summed E-state index contributed by atoms with van der Waals surface area (Å²) in [6.07, 6.45) is 1.31. The second-order valence-electron chi connectivity index (χ2n) is 5.57. The van der Waals surface area contributed by atoms with E-state index < -0.39 is 5.97 Å². The van der Waals surface area contributed by atoms with Crippen LogP contribution in [0.2, 0.25) is 0 Å². The Morgan fingerprint density at radius 2 is 1.74 bits per heavy atom. The standard InChI is InChI=1S/C14H27NO4/c1-10(2)8-12(5)19-7-6-13(16)15(11(3)4)9-14(17)18/h10-12H,6-9H2,1-5H3,(H,17,18). The van der Waals surface area contributed by atoms with E-state index in [1.165, 1.54) is 4.90 Å². The van der Waals surface area contributed by atoms with Crippen LogP contribution >= 0.6 is 0 Å². The number of hydrogen-bond donors (Lipinski definition) is 1. The maximum atomic E-state index is 11.9. The first-order valence-corrected chi connectivity index (χ1v) is 6.86. The van der Waals surface area contributed by atoms with Crippen molar-refractivity contribution in [2.45, 2.75) is 59.6 Å². The predicted molar refractivity (Wildman–Crippen MR) is 74.0 cm³/mol. The van der Waals surface area contributed by atoms with Gasteiger partial charge in [-0.2, -0.15) is 0 Å². The Morgan fingerprint density at radius 1 is 1.16 bits per heavy atom. The van der Waals surface area contributed by atoms with Crippen LogP contribution in [0.4, 0.5) is 0 Å². The molecule has 0 rings (SSSR count). The lowest BCUT2D eigenvalue weighted by atomic mass is 10.1. The summed E-state index contributed by atoms with van der Waals surface area (Å²) in [4.78, 5) is 24.0. The van der Waals surface area contributed by atoms with Gasteiger partial charge in [-0.05, 0) is 33.1 Å². The first kappa shape index (κ1) is 17.9. The van der Waals surface area contributed by atoms with Gasteiger partial charge in [-0.15, -0.1) is 0 Å². The van der Waals surface area contributed by atoms with Crippen molar-refractivity contribution in [3.63, 3.8) is 0 Å². The molecule has 1 atom stereocenters. The molecule has 0 heterocycles. The van der Waals surface area contributed by atoms with E-state index in [0.29, 0.717) is 12.5 Å². The molecule has 0 aliphatic heterocycles. The zero-order chi connectivity index (χ0) is 15.0. The topological polar surface area (TPSA) is 66.8 Å². The molecule has 1 N–H and O–H groups in total. The van der Waals surface area contributed by atoms with E-state index >= 15 is 0 Å². The Balaban J connectivity index is 4.09. The van der Waals surface area contributed by atoms with E-state index in [4.69, 9.17) is 9.84 Å². The number of carbonyl (C=O) groups is 2. The highest BCUT2D eigenvalue weighted by Crippen LogP contribution is 2.08. The summed E-state index contributed by atoms with van der Waals surface area (Å²) in [6, 6.07) is -0.114. The molecule has 1 amide bonds. The van der Waals surface area contributed by atoms with Gasteiger partial charge < -0.3 is 14.7 Å². The van der Waals surface area contributed by atoms with Crippen LogP contribution in [0.3, 0.4) is 0 Å². The Bertz CT molecular complexity index is 289. The zero-order valence-electron chi connectivity index (χ0n) is 12.7. The number of amides is 1. The third kappa shape index (κ3) is 8.59. The van der Waals surface area contributed by atoms with Crippen LogP contribution in [0.15, 0.2) is 0 Å². The molecular weight excluding hydrogens is 246 g/mol. The lowest BCUT2D eigenvalue weighted by molar-refractivity contribution is -0.146. The third-order valence-corrected chi connectivity index (χ3v) is 2.77. The Labute approximate surface area is 115 Å². The largest absolute Gasteiger partial charge is 0.480 e. The minimum atomic E-state index is -0.990. The van der Waals surface area contributed by atoms with Crippen molar-refractivity contribution >= 4 is 11.9 Å². The first-order valence-electron chi connectivity index (χ1n) is 6.86. The highest BCUT2D eigenvalue weighted by Gasteiger charge is 2.19. The van der Waals surface area contributed by atoms with Crippen molar-refractivity contribution < 1.29 is 19.4 Å². The zero-order valence-corrected chi connectivity index (χ0v) is 12.7.